The lowest BCUT2D eigenvalue weighted by molar-refractivity contribution is -0.138. The number of rotatable bonds is 3. The van der Waals surface area contributed by atoms with Gasteiger partial charge in [-0.05, 0) is 12.8 Å². The van der Waals surface area contributed by atoms with Gasteiger partial charge in [0.15, 0.2) is 0 Å². The molecule has 0 aromatic rings. The van der Waals surface area contributed by atoms with Crippen LogP contribution in [0.15, 0.2) is 0 Å². The molecule has 0 radical (unpaired) electrons. The summed E-state index contributed by atoms with van der Waals surface area (Å²) in [6.07, 6.45) is 5.06. The van der Waals surface area contributed by atoms with Crippen LogP contribution in [-0.2, 0) is 9.59 Å². The van der Waals surface area contributed by atoms with Crippen LogP contribution >= 0.6 is 0 Å². The van der Waals surface area contributed by atoms with Gasteiger partial charge in [0.05, 0.1) is 12.5 Å². The van der Waals surface area contributed by atoms with Crippen molar-refractivity contribution >= 4 is 11.8 Å². The summed E-state index contributed by atoms with van der Waals surface area (Å²) in [7, 11) is 3.23. The highest BCUT2D eigenvalue weighted by atomic mass is 16.2. The number of nitrogens with zero attached hydrogens (tertiary/aromatic N) is 1. The van der Waals surface area contributed by atoms with Crippen molar-refractivity contribution in [2.24, 2.45) is 11.7 Å². The molecule has 1 rings (SSSR count). The highest BCUT2D eigenvalue weighted by Crippen LogP contribution is 2.23. The Hall–Kier alpha value is -1.10. The normalized spacial score (nSPS) is 24.9. The minimum atomic E-state index is -0.150. The van der Waals surface area contributed by atoms with Gasteiger partial charge in [-0.15, -0.1) is 0 Å². The minimum absolute atomic E-state index is 0.00278. The Morgan fingerprint density at radius 2 is 1.94 bits per heavy atom. The molecular formula is C12H23N3O2. The zero-order valence-electron chi connectivity index (χ0n) is 10.7. The van der Waals surface area contributed by atoms with Gasteiger partial charge in [-0.1, -0.05) is 19.3 Å². The molecule has 1 fully saturated rings. The highest BCUT2D eigenvalue weighted by molar-refractivity contribution is 5.85. The maximum atomic E-state index is 12.2. The van der Waals surface area contributed by atoms with Crippen LogP contribution in [0.3, 0.4) is 0 Å². The lowest BCUT2D eigenvalue weighted by atomic mass is 9.94. The van der Waals surface area contributed by atoms with Crippen molar-refractivity contribution in [1.82, 2.24) is 10.2 Å². The average molecular weight is 241 g/mol. The smallest absolute Gasteiger partial charge is 0.239 e. The summed E-state index contributed by atoms with van der Waals surface area (Å²) >= 11 is 0. The molecule has 17 heavy (non-hydrogen) atoms. The molecule has 1 saturated carbocycles. The van der Waals surface area contributed by atoms with Crippen LogP contribution in [0.5, 0.6) is 0 Å². The molecule has 5 heteroatoms. The predicted molar refractivity (Wildman–Crippen MR) is 66.3 cm³/mol. The molecule has 2 atom stereocenters. The molecule has 0 heterocycles. The fourth-order valence-electron chi connectivity index (χ4n) is 2.30. The number of likely N-dealkylation sites (N-methyl/N-ethyl adjacent to an activating group) is 2. The molecule has 1 aliphatic rings. The SMILES string of the molecule is CNC(=O)CN(C)C(=O)C1CCCCCC1N. The third-order valence-corrected chi connectivity index (χ3v) is 3.42. The second kappa shape index (κ2) is 6.59. The summed E-state index contributed by atoms with van der Waals surface area (Å²) in [5, 5.41) is 2.51. The summed E-state index contributed by atoms with van der Waals surface area (Å²) in [6, 6.07) is -0.0582. The first kappa shape index (κ1) is 14.0. The van der Waals surface area contributed by atoms with Crippen molar-refractivity contribution < 1.29 is 9.59 Å². The molecule has 1 aliphatic carbocycles. The first-order valence-corrected chi connectivity index (χ1v) is 6.27. The van der Waals surface area contributed by atoms with Crippen LogP contribution in [-0.4, -0.2) is 43.4 Å². The van der Waals surface area contributed by atoms with E-state index in [4.69, 9.17) is 5.73 Å². The molecular weight excluding hydrogens is 218 g/mol. The van der Waals surface area contributed by atoms with Gasteiger partial charge in [-0.2, -0.15) is 0 Å². The van der Waals surface area contributed by atoms with Gasteiger partial charge in [-0.3, -0.25) is 9.59 Å². The number of carbonyl (C=O) groups excluding carboxylic acids is 2. The van der Waals surface area contributed by atoms with Crippen LogP contribution in [0.1, 0.15) is 32.1 Å². The summed E-state index contributed by atoms with van der Waals surface area (Å²) in [5.74, 6) is -0.266. The zero-order chi connectivity index (χ0) is 12.8. The zero-order valence-corrected chi connectivity index (χ0v) is 10.7. The van der Waals surface area contributed by atoms with E-state index in [2.05, 4.69) is 5.32 Å². The summed E-state index contributed by atoms with van der Waals surface area (Å²) in [4.78, 5) is 24.9. The molecule has 3 N–H and O–H groups in total. The summed E-state index contributed by atoms with van der Waals surface area (Å²) in [6.45, 7) is 0.110. The van der Waals surface area contributed by atoms with E-state index in [1.807, 2.05) is 0 Å². The topological polar surface area (TPSA) is 75.4 Å². The van der Waals surface area contributed by atoms with Gasteiger partial charge in [0.1, 0.15) is 0 Å². The second-order valence-electron chi connectivity index (χ2n) is 4.78. The number of hydrogen-bond acceptors (Lipinski definition) is 3. The van der Waals surface area contributed by atoms with Crippen molar-refractivity contribution in [3.8, 4) is 0 Å². The van der Waals surface area contributed by atoms with Crippen molar-refractivity contribution in [1.29, 1.82) is 0 Å². The van der Waals surface area contributed by atoms with Crippen LogP contribution in [0, 0.1) is 5.92 Å². The van der Waals surface area contributed by atoms with Gasteiger partial charge >= 0.3 is 0 Å². The second-order valence-corrected chi connectivity index (χ2v) is 4.78. The van der Waals surface area contributed by atoms with E-state index in [0.717, 1.165) is 32.1 Å². The number of nitrogens with two attached hydrogens (primary N) is 1. The Bertz CT molecular complexity index is 281. The average Bonchev–Trinajstić information content (AvgIpc) is 2.52. The maximum absolute atomic E-state index is 12.2. The Balaban J connectivity index is 2.57. The van der Waals surface area contributed by atoms with E-state index in [1.54, 1.807) is 14.1 Å². The first-order valence-electron chi connectivity index (χ1n) is 6.27. The van der Waals surface area contributed by atoms with Crippen LogP contribution in [0.4, 0.5) is 0 Å². The van der Waals surface area contributed by atoms with Crippen molar-refractivity contribution in [2.45, 2.75) is 38.1 Å². The largest absolute Gasteiger partial charge is 0.358 e. The number of hydrogen-bond donors (Lipinski definition) is 2. The van der Waals surface area contributed by atoms with Crippen molar-refractivity contribution in [3.05, 3.63) is 0 Å². The molecule has 5 nitrogen and oxygen atoms in total. The quantitative estimate of drug-likeness (QED) is 0.688. The minimum Gasteiger partial charge on any atom is -0.358 e. The predicted octanol–water partition coefficient (Wildman–Crippen LogP) is 0.0984. The van der Waals surface area contributed by atoms with Gasteiger partial charge < -0.3 is 16.0 Å². The van der Waals surface area contributed by atoms with E-state index >= 15 is 0 Å². The van der Waals surface area contributed by atoms with E-state index in [1.165, 1.54) is 4.90 Å². The Morgan fingerprint density at radius 3 is 2.59 bits per heavy atom. The lowest BCUT2D eigenvalue weighted by Gasteiger charge is -2.26. The molecule has 0 aromatic carbocycles. The molecule has 0 spiro atoms. The summed E-state index contributed by atoms with van der Waals surface area (Å²) < 4.78 is 0. The Labute approximate surface area is 103 Å². The standard InChI is InChI=1S/C12H23N3O2/c1-14-11(16)8-15(2)12(17)9-6-4-3-5-7-10(9)13/h9-10H,3-8,13H2,1-2H3,(H,14,16). The molecule has 2 unspecified atom stereocenters. The number of carbonyl (C=O) groups is 2. The Kier molecular flexibility index (Phi) is 5.41. The Morgan fingerprint density at radius 1 is 1.29 bits per heavy atom. The monoisotopic (exact) mass is 241 g/mol. The van der Waals surface area contributed by atoms with Crippen LogP contribution in [0.25, 0.3) is 0 Å². The number of amides is 2. The van der Waals surface area contributed by atoms with E-state index < -0.39 is 0 Å². The highest BCUT2D eigenvalue weighted by Gasteiger charge is 2.29. The van der Waals surface area contributed by atoms with E-state index in [-0.39, 0.29) is 30.3 Å². The van der Waals surface area contributed by atoms with Crippen molar-refractivity contribution in [3.63, 3.8) is 0 Å². The van der Waals surface area contributed by atoms with Crippen molar-refractivity contribution in [2.75, 3.05) is 20.6 Å². The molecule has 0 aromatic heterocycles. The van der Waals surface area contributed by atoms with E-state index in [9.17, 15) is 9.59 Å². The van der Waals surface area contributed by atoms with Gasteiger partial charge in [0.25, 0.3) is 0 Å². The maximum Gasteiger partial charge on any atom is 0.239 e. The molecule has 2 amide bonds. The lowest BCUT2D eigenvalue weighted by Crippen LogP contribution is -2.45. The van der Waals surface area contributed by atoms with E-state index in [0.29, 0.717) is 0 Å². The molecule has 0 bridgehead atoms. The molecule has 0 aliphatic heterocycles. The molecule has 98 valence electrons. The van der Waals surface area contributed by atoms with Gasteiger partial charge in [0.2, 0.25) is 11.8 Å². The third kappa shape index (κ3) is 4.00. The third-order valence-electron chi connectivity index (χ3n) is 3.42. The van der Waals surface area contributed by atoms with Gasteiger partial charge in [0, 0.05) is 20.1 Å². The molecule has 0 saturated heterocycles. The fraction of sp³-hybridized carbons (Fsp3) is 0.833. The van der Waals surface area contributed by atoms with Crippen LogP contribution in [0.2, 0.25) is 0 Å². The van der Waals surface area contributed by atoms with Gasteiger partial charge in [-0.25, -0.2) is 0 Å². The summed E-state index contributed by atoms with van der Waals surface area (Å²) in [5.41, 5.74) is 6.03. The van der Waals surface area contributed by atoms with Crippen LogP contribution < -0.4 is 11.1 Å². The fourth-order valence-corrected chi connectivity index (χ4v) is 2.30. The first-order chi connectivity index (χ1) is 8.06. The number of nitrogens with one attached hydrogen (secondary N) is 1.